The fourth-order valence-electron chi connectivity index (χ4n) is 2.91. The van der Waals surface area contributed by atoms with Crippen LogP contribution in [0.3, 0.4) is 0 Å². The molecule has 0 aliphatic carbocycles. The van der Waals surface area contributed by atoms with Crippen molar-refractivity contribution in [3.8, 4) is 10.7 Å². The minimum atomic E-state index is -0.695. The minimum absolute atomic E-state index is 0.192. The first-order valence-corrected chi connectivity index (χ1v) is 11.2. The molecule has 1 atom stereocenters. The standard InChI is InChI=1S/C22H18F2N4OS2/c1-14(21(29)25-18-12-16(23)9-10-17(18)24)31-22-27-26-20(19-8-5-11-30-19)28(22)13-15-6-3-2-4-7-15/h2-12,14H,13H2,1H3,(H,25,29). The third-order valence-corrected chi connectivity index (χ3v) is 6.43. The van der Waals surface area contributed by atoms with Crippen molar-refractivity contribution >= 4 is 34.7 Å². The number of nitrogens with zero attached hydrogens (tertiary/aromatic N) is 3. The average molecular weight is 457 g/mol. The molecule has 0 saturated carbocycles. The number of aromatic nitrogens is 3. The zero-order valence-electron chi connectivity index (χ0n) is 16.5. The number of thioether (sulfide) groups is 1. The fraction of sp³-hybridized carbons (Fsp3) is 0.136. The van der Waals surface area contributed by atoms with Gasteiger partial charge in [-0.25, -0.2) is 8.78 Å². The first kappa shape index (κ1) is 21.2. The van der Waals surface area contributed by atoms with Gasteiger partial charge in [0.15, 0.2) is 11.0 Å². The summed E-state index contributed by atoms with van der Waals surface area (Å²) in [5.41, 5.74) is 0.878. The maximum Gasteiger partial charge on any atom is 0.237 e. The van der Waals surface area contributed by atoms with E-state index in [0.29, 0.717) is 17.5 Å². The van der Waals surface area contributed by atoms with Crippen molar-refractivity contribution in [2.24, 2.45) is 0 Å². The topological polar surface area (TPSA) is 59.8 Å². The number of halogens is 2. The molecule has 0 fully saturated rings. The molecule has 0 aliphatic heterocycles. The summed E-state index contributed by atoms with van der Waals surface area (Å²) in [5, 5.41) is 13.0. The molecule has 0 saturated heterocycles. The molecule has 0 bridgehead atoms. The van der Waals surface area contributed by atoms with Crippen LogP contribution in [0.1, 0.15) is 12.5 Å². The third-order valence-electron chi connectivity index (χ3n) is 4.48. The highest BCUT2D eigenvalue weighted by molar-refractivity contribution is 8.00. The molecule has 4 rings (SSSR count). The molecule has 158 valence electrons. The van der Waals surface area contributed by atoms with Gasteiger partial charge in [-0.2, -0.15) is 0 Å². The van der Waals surface area contributed by atoms with Gasteiger partial charge in [0.05, 0.1) is 22.4 Å². The van der Waals surface area contributed by atoms with E-state index in [2.05, 4.69) is 15.5 Å². The van der Waals surface area contributed by atoms with Gasteiger partial charge in [-0.3, -0.25) is 9.36 Å². The van der Waals surface area contributed by atoms with E-state index in [1.54, 1.807) is 18.3 Å². The number of amides is 1. The number of rotatable bonds is 7. The van der Waals surface area contributed by atoms with E-state index in [9.17, 15) is 13.6 Å². The predicted octanol–water partition coefficient (Wildman–Crippen LogP) is 5.45. The lowest BCUT2D eigenvalue weighted by Gasteiger charge is -2.14. The molecule has 9 heteroatoms. The average Bonchev–Trinajstić information content (AvgIpc) is 3.42. The van der Waals surface area contributed by atoms with E-state index in [0.717, 1.165) is 28.6 Å². The van der Waals surface area contributed by atoms with Crippen LogP contribution in [0.4, 0.5) is 14.5 Å². The van der Waals surface area contributed by atoms with E-state index in [4.69, 9.17) is 0 Å². The Morgan fingerprint density at radius 3 is 2.68 bits per heavy atom. The second-order valence-corrected chi connectivity index (χ2v) is 8.98. The maximum absolute atomic E-state index is 13.9. The molecule has 0 aliphatic rings. The number of carbonyl (C=O) groups is 1. The predicted molar refractivity (Wildman–Crippen MR) is 119 cm³/mol. The normalized spacial score (nSPS) is 12.0. The van der Waals surface area contributed by atoms with Crippen LogP contribution in [0.5, 0.6) is 0 Å². The van der Waals surface area contributed by atoms with Crippen molar-refractivity contribution in [1.29, 1.82) is 0 Å². The number of benzene rings is 2. The summed E-state index contributed by atoms with van der Waals surface area (Å²) in [5.74, 6) is -1.06. The number of anilines is 1. The van der Waals surface area contributed by atoms with Crippen LogP contribution in [0.25, 0.3) is 10.7 Å². The zero-order valence-corrected chi connectivity index (χ0v) is 18.1. The minimum Gasteiger partial charge on any atom is -0.323 e. The molecule has 4 aromatic rings. The van der Waals surface area contributed by atoms with Crippen LogP contribution in [0.2, 0.25) is 0 Å². The number of hydrogen-bond acceptors (Lipinski definition) is 5. The zero-order chi connectivity index (χ0) is 21.8. The monoisotopic (exact) mass is 456 g/mol. The number of carbonyl (C=O) groups excluding carboxylic acids is 1. The maximum atomic E-state index is 13.9. The Labute approximate surface area is 186 Å². The van der Waals surface area contributed by atoms with Crippen molar-refractivity contribution in [2.45, 2.75) is 23.9 Å². The molecule has 31 heavy (non-hydrogen) atoms. The molecule has 5 nitrogen and oxygen atoms in total. The molecule has 1 unspecified atom stereocenters. The van der Waals surface area contributed by atoms with Gasteiger partial charge in [0.2, 0.25) is 5.91 Å². The van der Waals surface area contributed by atoms with Crippen LogP contribution in [0, 0.1) is 11.6 Å². The molecule has 0 spiro atoms. The smallest absolute Gasteiger partial charge is 0.237 e. The first-order valence-electron chi connectivity index (χ1n) is 9.45. The van der Waals surface area contributed by atoms with Crippen molar-refractivity contribution in [1.82, 2.24) is 14.8 Å². The van der Waals surface area contributed by atoms with Crippen molar-refractivity contribution < 1.29 is 13.6 Å². The van der Waals surface area contributed by atoms with Crippen molar-refractivity contribution in [3.63, 3.8) is 0 Å². The van der Waals surface area contributed by atoms with Gasteiger partial charge in [-0.15, -0.1) is 21.5 Å². The van der Waals surface area contributed by atoms with Gasteiger partial charge in [0, 0.05) is 6.07 Å². The number of hydrogen-bond donors (Lipinski definition) is 1. The molecule has 1 N–H and O–H groups in total. The Hall–Kier alpha value is -3.04. The Balaban J connectivity index is 1.57. The summed E-state index contributed by atoms with van der Waals surface area (Å²) in [6, 6.07) is 16.7. The van der Waals surface area contributed by atoms with Gasteiger partial charge in [-0.1, -0.05) is 48.2 Å². The van der Waals surface area contributed by atoms with Crippen LogP contribution in [-0.2, 0) is 11.3 Å². The number of thiophene rings is 1. The van der Waals surface area contributed by atoms with Crippen LogP contribution in [0.15, 0.2) is 71.2 Å². The molecular formula is C22H18F2N4OS2. The molecule has 2 heterocycles. The summed E-state index contributed by atoms with van der Waals surface area (Å²) < 4.78 is 29.2. The Bertz CT molecular complexity index is 1180. The molecule has 2 aromatic carbocycles. The molecule has 1 amide bonds. The summed E-state index contributed by atoms with van der Waals surface area (Å²) in [6.45, 7) is 2.22. The van der Waals surface area contributed by atoms with Gasteiger partial charge < -0.3 is 5.32 Å². The molecule has 2 aromatic heterocycles. The lowest BCUT2D eigenvalue weighted by molar-refractivity contribution is -0.115. The Morgan fingerprint density at radius 1 is 1.13 bits per heavy atom. The summed E-state index contributed by atoms with van der Waals surface area (Å²) in [6.07, 6.45) is 0. The third kappa shape index (κ3) is 5.00. The largest absolute Gasteiger partial charge is 0.323 e. The first-order chi connectivity index (χ1) is 15.0. The lowest BCUT2D eigenvalue weighted by Crippen LogP contribution is -2.23. The molecule has 0 radical (unpaired) electrons. The second-order valence-electron chi connectivity index (χ2n) is 6.73. The van der Waals surface area contributed by atoms with E-state index in [-0.39, 0.29) is 5.69 Å². The van der Waals surface area contributed by atoms with Crippen LogP contribution in [-0.4, -0.2) is 25.9 Å². The van der Waals surface area contributed by atoms with Crippen molar-refractivity contribution in [3.05, 3.63) is 83.2 Å². The lowest BCUT2D eigenvalue weighted by atomic mass is 10.2. The van der Waals surface area contributed by atoms with Gasteiger partial charge in [0.1, 0.15) is 11.6 Å². The van der Waals surface area contributed by atoms with E-state index < -0.39 is 22.8 Å². The highest BCUT2D eigenvalue weighted by Gasteiger charge is 2.22. The van der Waals surface area contributed by atoms with Gasteiger partial charge >= 0.3 is 0 Å². The number of nitrogens with one attached hydrogen (secondary N) is 1. The second kappa shape index (κ2) is 9.40. The van der Waals surface area contributed by atoms with Gasteiger partial charge in [-0.05, 0) is 36.1 Å². The van der Waals surface area contributed by atoms with Crippen molar-refractivity contribution in [2.75, 3.05) is 5.32 Å². The summed E-state index contributed by atoms with van der Waals surface area (Å²) >= 11 is 2.77. The molecular weight excluding hydrogens is 438 g/mol. The Morgan fingerprint density at radius 2 is 1.94 bits per heavy atom. The van der Waals surface area contributed by atoms with E-state index in [1.165, 1.54) is 11.8 Å². The SMILES string of the molecule is CC(Sc1nnc(-c2cccs2)n1Cc1ccccc1)C(=O)Nc1cc(F)ccc1F. The van der Waals surface area contributed by atoms with E-state index >= 15 is 0 Å². The highest BCUT2D eigenvalue weighted by atomic mass is 32.2. The summed E-state index contributed by atoms with van der Waals surface area (Å²) in [7, 11) is 0. The van der Waals surface area contributed by atoms with Gasteiger partial charge in [0.25, 0.3) is 0 Å². The Kier molecular flexibility index (Phi) is 6.43. The highest BCUT2D eigenvalue weighted by Crippen LogP contribution is 2.30. The van der Waals surface area contributed by atoms with Crippen LogP contribution < -0.4 is 5.32 Å². The van der Waals surface area contributed by atoms with Crippen LogP contribution >= 0.6 is 23.1 Å². The summed E-state index contributed by atoms with van der Waals surface area (Å²) in [4.78, 5) is 13.6. The van der Waals surface area contributed by atoms with E-state index in [1.807, 2.05) is 52.4 Å². The fourth-order valence-corrected chi connectivity index (χ4v) is 4.48. The quantitative estimate of drug-likeness (QED) is 0.376.